The molecule has 0 amide bonds. The number of hydrogen-bond donors (Lipinski definition) is 1. The zero-order valence-corrected chi connectivity index (χ0v) is 12.4. The van der Waals surface area contributed by atoms with Crippen LogP contribution in [0.25, 0.3) is 0 Å². The minimum Gasteiger partial charge on any atom is -0.483 e. The van der Waals surface area contributed by atoms with Crippen LogP contribution in [0.5, 0.6) is 5.75 Å². The lowest BCUT2D eigenvalue weighted by Gasteiger charge is -2.21. The van der Waals surface area contributed by atoms with E-state index < -0.39 is 10.5 Å². The maximum Gasteiger partial charge on any atom is 0.311 e. The molecule has 2 rings (SSSR count). The zero-order chi connectivity index (χ0) is 15.5. The minimum atomic E-state index is -0.604. The molecule has 2 atom stereocenters. The van der Waals surface area contributed by atoms with Crippen LogP contribution in [-0.2, 0) is 0 Å². The standard InChI is InChI=1S/C14H16ClN3O3/c1-2-17-14(9-16)6-5-11(8-14)21-13-7-10(15)3-4-12(13)18(19)20/h3-4,7,11,17H,2,5-6,8H2,1H3. The quantitative estimate of drug-likeness (QED) is 0.667. The van der Waals surface area contributed by atoms with Gasteiger partial charge in [-0.1, -0.05) is 18.5 Å². The van der Waals surface area contributed by atoms with Gasteiger partial charge in [0.05, 0.1) is 11.0 Å². The Kier molecular flexibility index (Phi) is 4.66. The number of nitro benzene ring substituents is 1. The van der Waals surface area contributed by atoms with Crippen molar-refractivity contribution in [3.63, 3.8) is 0 Å². The average Bonchev–Trinajstić information content (AvgIpc) is 2.83. The molecule has 1 fully saturated rings. The van der Waals surface area contributed by atoms with Gasteiger partial charge in [-0.25, -0.2) is 0 Å². The van der Waals surface area contributed by atoms with E-state index in [4.69, 9.17) is 16.3 Å². The minimum absolute atomic E-state index is 0.114. The van der Waals surface area contributed by atoms with Crippen molar-refractivity contribution >= 4 is 17.3 Å². The van der Waals surface area contributed by atoms with Crippen LogP contribution < -0.4 is 10.1 Å². The smallest absolute Gasteiger partial charge is 0.311 e. The second-order valence-electron chi connectivity index (χ2n) is 5.08. The number of nitrogens with one attached hydrogen (secondary N) is 1. The van der Waals surface area contributed by atoms with Gasteiger partial charge in [0.25, 0.3) is 0 Å². The van der Waals surface area contributed by atoms with Gasteiger partial charge in [-0.05, 0) is 25.5 Å². The van der Waals surface area contributed by atoms with Crippen molar-refractivity contribution in [2.75, 3.05) is 6.54 Å². The molecule has 0 radical (unpaired) electrons. The molecule has 6 nitrogen and oxygen atoms in total. The molecular formula is C14H16ClN3O3. The van der Waals surface area contributed by atoms with Crippen molar-refractivity contribution in [3.8, 4) is 11.8 Å². The van der Waals surface area contributed by atoms with Gasteiger partial charge in [0, 0.05) is 23.6 Å². The summed E-state index contributed by atoms with van der Waals surface area (Å²) in [6.07, 6.45) is 1.60. The SMILES string of the molecule is CCNC1(C#N)CCC(Oc2cc(Cl)ccc2[N+](=O)[O-])C1. The number of rotatable bonds is 5. The summed E-state index contributed by atoms with van der Waals surface area (Å²) in [4.78, 5) is 10.5. The molecule has 1 aliphatic rings. The van der Waals surface area contributed by atoms with Crippen LogP contribution in [0.3, 0.4) is 0 Å². The molecule has 112 valence electrons. The molecule has 0 bridgehead atoms. The van der Waals surface area contributed by atoms with E-state index in [2.05, 4.69) is 11.4 Å². The molecular weight excluding hydrogens is 294 g/mol. The summed E-state index contributed by atoms with van der Waals surface area (Å²) >= 11 is 5.87. The second-order valence-corrected chi connectivity index (χ2v) is 5.51. The highest BCUT2D eigenvalue weighted by Gasteiger charge is 2.40. The lowest BCUT2D eigenvalue weighted by Crippen LogP contribution is -2.42. The molecule has 1 aromatic rings. The van der Waals surface area contributed by atoms with E-state index in [1.807, 2.05) is 6.92 Å². The summed E-state index contributed by atoms with van der Waals surface area (Å²) in [5, 5.41) is 23.9. The van der Waals surface area contributed by atoms with Gasteiger partial charge in [-0.3, -0.25) is 15.4 Å². The van der Waals surface area contributed by atoms with Crippen LogP contribution in [0.1, 0.15) is 26.2 Å². The molecule has 7 heteroatoms. The fourth-order valence-electron chi connectivity index (χ4n) is 2.65. The van der Waals surface area contributed by atoms with Crippen molar-refractivity contribution in [1.82, 2.24) is 5.32 Å². The Morgan fingerprint density at radius 1 is 1.67 bits per heavy atom. The van der Waals surface area contributed by atoms with E-state index in [1.165, 1.54) is 18.2 Å². The summed E-state index contributed by atoms with van der Waals surface area (Å²) in [7, 11) is 0. The summed E-state index contributed by atoms with van der Waals surface area (Å²) in [5.74, 6) is 0.155. The molecule has 1 N–H and O–H groups in total. The second kappa shape index (κ2) is 6.29. The highest BCUT2D eigenvalue weighted by atomic mass is 35.5. The molecule has 1 saturated carbocycles. The highest BCUT2D eigenvalue weighted by Crippen LogP contribution is 2.36. The van der Waals surface area contributed by atoms with Gasteiger partial charge in [-0.2, -0.15) is 5.26 Å². The van der Waals surface area contributed by atoms with Crippen molar-refractivity contribution in [2.24, 2.45) is 0 Å². The number of nitrogens with zero attached hydrogens (tertiary/aromatic N) is 2. The Labute approximate surface area is 127 Å². The van der Waals surface area contributed by atoms with Crippen LogP contribution in [-0.4, -0.2) is 23.1 Å². The van der Waals surface area contributed by atoms with Crippen LogP contribution in [0.4, 0.5) is 5.69 Å². The topological polar surface area (TPSA) is 88.2 Å². The lowest BCUT2D eigenvalue weighted by molar-refractivity contribution is -0.386. The van der Waals surface area contributed by atoms with Crippen molar-refractivity contribution < 1.29 is 9.66 Å². The zero-order valence-electron chi connectivity index (χ0n) is 11.6. The van der Waals surface area contributed by atoms with Crippen LogP contribution >= 0.6 is 11.6 Å². The van der Waals surface area contributed by atoms with Crippen LogP contribution in [0, 0.1) is 21.4 Å². The third-order valence-corrected chi connectivity index (χ3v) is 3.85. The fraction of sp³-hybridized carbons (Fsp3) is 0.500. The van der Waals surface area contributed by atoms with Crippen molar-refractivity contribution in [1.29, 1.82) is 5.26 Å². The van der Waals surface area contributed by atoms with Gasteiger partial charge < -0.3 is 4.74 Å². The van der Waals surface area contributed by atoms with Crippen LogP contribution in [0.15, 0.2) is 18.2 Å². The van der Waals surface area contributed by atoms with E-state index in [0.29, 0.717) is 30.8 Å². The first-order valence-electron chi connectivity index (χ1n) is 6.76. The number of ether oxygens (including phenoxy) is 1. The molecule has 0 spiro atoms. The Bertz CT molecular complexity index is 587. The van der Waals surface area contributed by atoms with E-state index in [-0.39, 0.29) is 17.5 Å². The Balaban J connectivity index is 2.15. The first-order chi connectivity index (χ1) is 9.99. The summed E-state index contributed by atoms with van der Waals surface area (Å²) in [5.41, 5.74) is -0.718. The monoisotopic (exact) mass is 309 g/mol. The van der Waals surface area contributed by atoms with E-state index in [9.17, 15) is 15.4 Å². The lowest BCUT2D eigenvalue weighted by atomic mass is 10.00. The summed E-state index contributed by atoms with van der Waals surface area (Å²) in [6.45, 7) is 2.63. The normalized spacial score (nSPS) is 24.5. The number of benzene rings is 1. The number of nitro groups is 1. The Morgan fingerprint density at radius 3 is 3.05 bits per heavy atom. The molecule has 0 heterocycles. The number of nitriles is 1. The Hall–Kier alpha value is -1.84. The molecule has 0 aromatic heterocycles. The maximum atomic E-state index is 11.0. The Morgan fingerprint density at radius 2 is 2.43 bits per heavy atom. The third-order valence-electron chi connectivity index (χ3n) is 3.61. The number of hydrogen-bond acceptors (Lipinski definition) is 5. The van der Waals surface area contributed by atoms with E-state index >= 15 is 0 Å². The molecule has 1 aromatic carbocycles. The molecule has 0 aliphatic heterocycles. The predicted octanol–water partition coefficient (Wildman–Crippen LogP) is 3.05. The molecule has 21 heavy (non-hydrogen) atoms. The van der Waals surface area contributed by atoms with Crippen LogP contribution in [0.2, 0.25) is 5.02 Å². The largest absolute Gasteiger partial charge is 0.483 e. The predicted molar refractivity (Wildman–Crippen MR) is 78.4 cm³/mol. The van der Waals surface area contributed by atoms with Crippen molar-refractivity contribution in [2.45, 2.75) is 37.8 Å². The summed E-state index contributed by atoms with van der Waals surface area (Å²) in [6, 6.07) is 6.52. The molecule has 0 saturated heterocycles. The van der Waals surface area contributed by atoms with Crippen molar-refractivity contribution in [3.05, 3.63) is 33.3 Å². The number of halogens is 1. The van der Waals surface area contributed by atoms with Gasteiger partial charge in [0.2, 0.25) is 0 Å². The average molecular weight is 310 g/mol. The van der Waals surface area contributed by atoms with Gasteiger partial charge in [0.1, 0.15) is 11.6 Å². The first kappa shape index (κ1) is 15.5. The third kappa shape index (κ3) is 3.43. The first-order valence-corrected chi connectivity index (χ1v) is 7.14. The van der Waals surface area contributed by atoms with Gasteiger partial charge in [-0.15, -0.1) is 0 Å². The van der Waals surface area contributed by atoms with Gasteiger partial charge >= 0.3 is 5.69 Å². The van der Waals surface area contributed by atoms with E-state index in [1.54, 1.807) is 0 Å². The molecule has 2 unspecified atom stereocenters. The van der Waals surface area contributed by atoms with Gasteiger partial charge in [0.15, 0.2) is 5.75 Å². The molecule has 1 aliphatic carbocycles. The fourth-order valence-corrected chi connectivity index (χ4v) is 2.82. The highest BCUT2D eigenvalue weighted by molar-refractivity contribution is 6.30. The van der Waals surface area contributed by atoms with E-state index in [0.717, 1.165) is 0 Å². The summed E-state index contributed by atoms with van der Waals surface area (Å²) < 4.78 is 5.73. The maximum absolute atomic E-state index is 11.0.